The first kappa shape index (κ1) is 24.8. The van der Waals surface area contributed by atoms with Crippen LogP contribution in [0, 0.1) is 26.7 Å². The van der Waals surface area contributed by atoms with Gasteiger partial charge in [0.05, 0.1) is 40.9 Å². The largest absolute Gasteiger partial charge is 0.503 e. The number of carbonyl (C=O) groups is 2. The third kappa shape index (κ3) is 4.65. The number of ketones is 1. The van der Waals surface area contributed by atoms with Gasteiger partial charge in [0.25, 0.3) is 5.91 Å². The molecule has 0 saturated carbocycles. The summed E-state index contributed by atoms with van der Waals surface area (Å²) in [4.78, 5) is 33.0. The number of hydrogen-bond donors (Lipinski definition) is 1. The minimum atomic E-state index is -0.933. The maximum atomic E-state index is 13.7. The van der Waals surface area contributed by atoms with Crippen molar-refractivity contribution in [1.82, 2.24) is 15.2 Å². The number of Topliss-reactive ketones (excluding diaryl/α,β-unsaturated/α-hetero) is 1. The lowest BCUT2D eigenvalue weighted by Gasteiger charge is -2.25. The maximum Gasteiger partial charge on any atom is 0.296 e. The van der Waals surface area contributed by atoms with Crippen LogP contribution in [0.25, 0.3) is 0 Å². The fourth-order valence-corrected chi connectivity index (χ4v) is 5.42. The molecule has 1 aliphatic rings. The highest BCUT2D eigenvalue weighted by Crippen LogP contribution is 2.45. The fourth-order valence-electron chi connectivity index (χ4n) is 3.83. The van der Waals surface area contributed by atoms with E-state index in [1.54, 1.807) is 39.0 Å². The molecule has 0 aliphatic carbocycles. The van der Waals surface area contributed by atoms with Gasteiger partial charge in [0.15, 0.2) is 17.3 Å². The number of anilines is 1. The predicted molar refractivity (Wildman–Crippen MR) is 134 cm³/mol. The van der Waals surface area contributed by atoms with E-state index in [1.807, 2.05) is 13.8 Å². The van der Waals surface area contributed by atoms with E-state index >= 15 is 0 Å². The Hall–Kier alpha value is -3.31. The zero-order valence-corrected chi connectivity index (χ0v) is 21.9. The topological polar surface area (TPSA) is 115 Å². The number of hydrogen-bond acceptors (Lipinski definition) is 10. The minimum Gasteiger partial charge on any atom is -0.503 e. The third-order valence-corrected chi connectivity index (χ3v) is 7.27. The molecule has 3 heterocycles. The van der Waals surface area contributed by atoms with Crippen LogP contribution in [0.4, 0.5) is 5.13 Å². The van der Waals surface area contributed by atoms with E-state index in [0.29, 0.717) is 45.2 Å². The van der Waals surface area contributed by atoms with Crippen molar-refractivity contribution < 1.29 is 24.2 Å². The molecule has 0 saturated heterocycles. The summed E-state index contributed by atoms with van der Waals surface area (Å²) < 4.78 is 11.4. The molecule has 3 aromatic rings. The highest BCUT2D eigenvalue weighted by molar-refractivity contribution is 7.15. The first-order valence-corrected chi connectivity index (χ1v) is 12.6. The third-order valence-electron chi connectivity index (χ3n) is 5.36. The molecular formula is C24H26N4O5S2. The molecule has 9 nitrogen and oxygen atoms in total. The van der Waals surface area contributed by atoms with Crippen LogP contribution in [0.2, 0.25) is 0 Å². The highest BCUT2D eigenvalue weighted by Gasteiger charge is 2.46. The second-order valence-corrected chi connectivity index (χ2v) is 10.9. The van der Waals surface area contributed by atoms with E-state index in [-0.39, 0.29) is 10.7 Å². The SMILES string of the molecule is COc1cc(C2C(C(=O)c3sc(C)nc3C)=C(O)C(=O)N2c2nnc(C)s2)ccc1OCC(C)C. The van der Waals surface area contributed by atoms with Crippen molar-refractivity contribution in [1.29, 1.82) is 0 Å². The van der Waals surface area contributed by atoms with Gasteiger partial charge in [-0.1, -0.05) is 31.3 Å². The van der Waals surface area contributed by atoms with Crippen molar-refractivity contribution in [3.05, 3.63) is 55.7 Å². The lowest BCUT2D eigenvalue weighted by Crippen LogP contribution is -2.31. The number of benzene rings is 1. The molecule has 11 heteroatoms. The number of rotatable bonds is 8. The summed E-state index contributed by atoms with van der Waals surface area (Å²) in [6.07, 6.45) is 0. The number of aliphatic hydroxyl groups is 1. The second-order valence-electron chi connectivity index (χ2n) is 8.54. The van der Waals surface area contributed by atoms with Gasteiger partial charge in [-0.15, -0.1) is 21.5 Å². The molecule has 1 aromatic carbocycles. The normalized spacial score (nSPS) is 15.9. The van der Waals surface area contributed by atoms with E-state index < -0.39 is 23.5 Å². The lowest BCUT2D eigenvalue weighted by atomic mass is 9.95. The monoisotopic (exact) mass is 514 g/mol. The van der Waals surface area contributed by atoms with Crippen LogP contribution in [-0.4, -0.2) is 45.7 Å². The minimum absolute atomic E-state index is 0.0347. The Morgan fingerprint density at radius 3 is 2.46 bits per heavy atom. The molecule has 2 aromatic heterocycles. The van der Waals surface area contributed by atoms with E-state index in [0.717, 1.165) is 5.01 Å². The average molecular weight is 515 g/mol. The summed E-state index contributed by atoms with van der Waals surface area (Å²) in [5.41, 5.74) is 1.07. The molecule has 1 N–H and O–H groups in total. The van der Waals surface area contributed by atoms with Crippen molar-refractivity contribution >= 4 is 39.5 Å². The molecule has 184 valence electrons. The number of aryl methyl sites for hydroxylation is 3. The smallest absolute Gasteiger partial charge is 0.296 e. The first-order valence-electron chi connectivity index (χ1n) is 11.0. The summed E-state index contributed by atoms with van der Waals surface area (Å²) in [6, 6.07) is 4.28. The molecule has 0 fully saturated rings. The van der Waals surface area contributed by atoms with E-state index in [9.17, 15) is 14.7 Å². The van der Waals surface area contributed by atoms with Gasteiger partial charge in [-0.25, -0.2) is 4.98 Å². The predicted octanol–water partition coefficient (Wildman–Crippen LogP) is 4.75. The fraction of sp³-hybridized carbons (Fsp3) is 0.375. The van der Waals surface area contributed by atoms with Gasteiger partial charge >= 0.3 is 0 Å². The molecule has 1 atom stereocenters. The van der Waals surface area contributed by atoms with E-state index in [2.05, 4.69) is 15.2 Å². The zero-order chi connectivity index (χ0) is 25.4. The van der Waals surface area contributed by atoms with Gasteiger partial charge in [0.2, 0.25) is 10.9 Å². The van der Waals surface area contributed by atoms with Gasteiger partial charge in [-0.2, -0.15) is 0 Å². The number of amides is 1. The van der Waals surface area contributed by atoms with Crippen LogP contribution >= 0.6 is 22.7 Å². The summed E-state index contributed by atoms with van der Waals surface area (Å²) in [5, 5.41) is 20.7. The Labute approximate surface area is 211 Å². The Bertz CT molecular complexity index is 1330. The van der Waals surface area contributed by atoms with Crippen molar-refractivity contribution in [3.8, 4) is 11.5 Å². The van der Waals surface area contributed by atoms with Crippen molar-refractivity contribution in [3.63, 3.8) is 0 Å². The summed E-state index contributed by atoms with van der Waals surface area (Å²) in [5.74, 6) is -0.468. The molecule has 35 heavy (non-hydrogen) atoms. The standard InChI is InChI=1S/C24H26N4O5S2/c1-11(2)10-33-16-8-7-15(9-17(16)32-6)19-18(20(29)22-12(3)25-13(4)34-22)21(30)23(31)28(19)24-27-26-14(5)35-24/h7-9,11,19,30H,10H2,1-6H3. The van der Waals surface area contributed by atoms with Gasteiger partial charge in [-0.05, 0) is 44.4 Å². The van der Waals surface area contributed by atoms with Gasteiger partial charge in [0, 0.05) is 0 Å². The second kappa shape index (κ2) is 9.74. The van der Waals surface area contributed by atoms with E-state index in [4.69, 9.17) is 9.47 Å². The molecule has 1 aliphatic heterocycles. The van der Waals surface area contributed by atoms with Crippen LogP contribution in [-0.2, 0) is 4.79 Å². The van der Waals surface area contributed by atoms with Crippen LogP contribution < -0.4 is 14.4 Å². The summed E-state index contributed by atoms with van der Waals surface area (Å²) >= 11 is 2.42. The number of methoxy groups -OCH3 is 1. The first-order chi connectivity index (χ1) is 16.6. The van der Waals surface area contributed by atoms with Crippen molar-refractivity contribution in [2.45, 2.75) is 40.7 Å². The van der Waals surface area contributed by atoms with Gasteiger partial charge in [-0.3, -0.25) is 14.5 Å². The molecular weight excluding hydrogens is 488 g/mol. The molecule has 4 rings (SSSR count). The maximum absolute atomic E-state index is 13.7. The number of carbonyl (C=O) groups excluding carboxylic acids is 2. The Morgan fingerprint density at radius 1 is 1.14 bits per heavy atom. The molecule has 1 amide bonds. The van der Waals surface area contributed by atoms with Crippen LogP contribution in [0.1, 0.15) is 50.8 Å². The Balaban J connectivity index is 1.85. The molecule has 0 radical (unpaired) electrons. The quantitative estimate of drug-likeness (QED) is 0.429. The van der Waals surface area contributed by atoms with Crippen LogP contribution in [0.15, 0.2) is 29.5 Å². The highest BCUT2D eigenvalue weighted by atomic mass is 32.1. The molecule has 1 unspecified atom stereocenters. The zero-order valence-electron chi connectivity index (χ0n) is 20.3. The molecule has 0 bridgehead atoms. The number of nitrogens with zero attached hydrogens (tertiary/aromatic N) is 4. The molecule has 0 spiro atoms. The van der Waals surface area contributed by atoms with Crippen molar-refractivity contribution in [2.24, 2.45) is 5.92 Å². The average Bonchev–Trinajstić information content (AvgIpc) is 3.47. The summed E-state index contributed by atoms with van der Waals surface area (Å²) in [7, 11) is 1.52. The van der Waals surface area contributed by atoms with E-state index in [1.165, 1.54) is 34.7 Å². The van der Waals surface area contributed by atoms with Gasteiger partial charge < -0.3 is 14.6 Å². The summed E-state index contributed by atoms with van der Waals surface area (Å²) in [6.45, 7) is 9.89. The van der Waals surface area contributed by atoms with Crippen LogP contribution in [0.5, 0.6) is 11.5 Å². The Morgan fingerprint density at radius 2 is 1.89 bits per heavy atom. The number of aliphatic hydroxyl groups excluding tert-OH is 1. The number of aromatic nitrogens is 3. The number of thiazole rings is 1. The van der Waals surface area contributed by atoms with Crippen LogP contribution in [0.3, 0.4) is 0 Å². The number of ether oxygens (including phenoxy) is 2. The van der Waals surface area contributed by atoms with Gasteiger partial charge in [0.1, 0.15) is 5.01 Å². The van der Waals surface area contributed by atoms with Crippen molar-refractivity contribution in [2.75, 3.05) is 18.6 Å². The lowest BCUT2D eigenvalue weighted by molar-refractivity contribution is -0.117. The Kier molecular flexibility index (Phi) is 6.91.